The van der Waals surface area contributed by atoms with Crippen molar-refractivity contribution in [3.63, 3.8) is 0 Å². The van der Waals surface area contributed by atoms with Crippen LogP contribution in [-0.2, 0) is 0 Å². The van der Waals surface area contributed by atoms with E-state index in [-0.39, 0.29) is 11.9 Å². The number of nitrogens with zero attached hydrogens (tertiary/aromatic N) is 2. The van der Waals surface area contributed by atoms with Gasteiger partial charge in [-0.1, -0.05) is 18.5 Å². The molecule has 0 saturated heterocycles. The third-order valence-electron chi connectivity index (χ3n) is 3.63. The van der Waals surface area contributed by atoms with Crippen LogP contribution in [0.1, 0.15) is 30.6 Å². The number of rotatable bonds is 5. The van der Waals surface area contributed by atoms with Crippen LogP contribution >= 0.6 is 11.6 Å². The number of hydrogen-bond donors (Lipinski definition) is 0. The summed E-state index contributed by atoms with van der Waals surface area (Å²) >= 11 is 6.23. The number of pyridine rings is 1. The standard InChI is InChI=1S/C17H19ClN2O2/c1-4-12(2)20(3)17(21)13-5-6-16(15(18)11-13)22-14-7-9-19-10-8-14/h5-12H,4H2,1-3H3. The number of hydrogen-bond acceptors (Lipinski definition) is 3. The van der Waals surface area contributed by atoms with Gasteiger partial charge in [0.2, 0.25) is 0 Å². The van der Waals surface area contributed by atoms with Gasteiger partial charge in [0.1, 0.15) is 11.5 Å². The molecule has 22 heavy (non-hydrogen) atoms. The summed E-state index contributed by atoms with van der Waals surface area (Å²) in [7, 11) is 1.80. The molecule has 0 radical (unpaired) electrons. The van der Waals surface area contributed by atoms with Gasteiger partial charge in [-0.15, -0.1) is 0 Å². The third-order valence-corrected chi connectivity index (χ3v) is 3.92. The lowest BCUT2D eigenvalue weighted by molar-refractivity contribution is 0.0740. The summed E-state index contributed by atoms with van der Waals surface area (Å²) in [6.07, 6.45) is 4.18. The molecule has 1 aromatic heterocycles. The molecule has 4 nitrogen and oxygen atoms in total. The first-order chi connectivity index (χ1) is 10.5. The minimum Gasteiger partial charge on any atom is -0.456 e. The van der Waals surface area contributed by atoms with Crippen molar-refractivity contribution in [2.45, 2.75) is 26.3 Å². The number of amides is 1. The molecule has 0 saturated carbocycles. The summed E-state index contributed by atoms with van der Waals surface area (Å²) in [5.74, 6) is 1.11. The zero-order valence-corrected chi connectivity index (χ0v) is 13.7. The maximum atomic E-state index is 12.4. The first kappa shape index (κ1) is 16.3. The van der Waals surface area contributed by atoms with E-state index in [9.17, 15) is 4.79 Å². The van der Waals surface area contributed by atoms with Crippen LogP contribution in [0.5, 0.6) is 11.5 Å². The monoisotopic (exact) mass is 318 g/mol. The third kappa shape index (κ3) is 3.77. The summed E-state index contributed by atoms with van der Waals surface area (Å²) < 4.78 is 5.68. The lowest BCUT2D eigenvalue weighted by atomic mass is 10.1. The number of carbonyl (C=O) groups excluding carboxylic acids is 1. The Labute approximate surface area is 135 Å². The van der Waals surface area contributed by atoms with E-state index in [0.29, 0.717) is 22.1 Å². The topological polar surface area (TPSA) is 42.4 Å². The van der Waals surface area contributed by atoms with Gasteiger partial charge in [-0.25, -0.2) is 0 Å². The Kier molecular flexibility index (Phi) is 5.39. The van der Waals surface area contributed by atoms with Crippen molar-refractivity contribution in [2.24, 2.45) is 0 Å². The van der Waals surface area contributed by atoms with Crippen LogP contribution in [0.15, 0.2) is 42.7 Å². The molecule has 1 amide bonds. The van der Waals surface area contributed by atoms with Gasteiger partial charge in [-0.2, -0.15) is 0 Å². The summed E-state index contributed by atoms with van der Waals surface area (Å²) in [4.78, 5) is 18.0. The Morgan fingerprint density at radius 1 is 1.32 bits per heavy atom. The van der Waals surface area contributed by atoms with Crippen molar-refractivity contribution in [1.29, 1.82) is 0 Å². The van der Waals surface area contributed by atoms with Crippen LogP contribution in [0.4, 0.5) is 0 Å². The highest BCUT2D eigenvalue weighted by atomic mass is 35.5. The SMILES string of the molecule is CCC(C)N(C)C(=O)c1ccc(Oc2ccncc2)c(Cl)c1. The van der Waals surface area contributed by atoms with Gasteiger partial charge in [-0.3, -0.25) is 9.78 Å². The smallest absolute Gasteiger partial charge is 0.253 e. The fourth-order valence-corrected chi connectivity index (χ4v) is 2.15. The number of carbonyl (C=O) groups is 1. The number of benzene rings is 1. The first-order valence-electron chi connectivity index (χ1n) is 7.17. The van der Waals surface area contributed by atoms with E-state index in [2.05, 4.69) is 4.98 Å². The minimum absolute atomic E-state index is 0.0493. The second kappa shape index (κ2) is 7.27. The van der Waals surface area contributed by atoms with Crippen molar-refractivity contribution >= 4 is 17.5 Å². The molecule has 0 aliphatic heterocycles. The van der Waals surface area contributed by atoms with Crippen LogP contribution in [0, 0.1) is 0 Å². The molecule has 0 spiro atoms. The summed E-state index contributed by atoms with van der Waals surface area (Å²) in [5, 5.41) is 0.403. The van der Waals surface area contributed by atoms with Crippen molar-refractivity contribution in [2.75, 3.05) is 7.05 Å². The highest BCUT2D eigenvalue weighted by Gasteiger charge is 2.17. The number of aromatic nitrogens is 1. The van der Waals surface area contributed by atoms with Crippen molar-refractivity contribution < 1.29 is 9.53 Å². The van der Waals surface area contributed by atoms with Gasteiger partial charge in [0.25, 0.3) is 5.91 Å². The summed E-state index contributed by atoms with van der Waals surface area (Å²) in [6.45, 7) is 4.06. The largest absolute Gasteiger partial charge is 0.456 e. The zero-order valence-electron chi connectivity index (χ0n) is 12.9. The van der Waals surface area contributed by atoms with Gasteiger partial charge >= 0.3 is 0 Å². The average Bonchev–Trinajstić information content (AvgIpc) is 2.55. The van der Waals surface area contributed by atoms with E-state index >= 15 is 0 Å². The fourth-order valence-electron chi connectivity index (χ4n) is 1.93. The average molecular weight is 319 g/mol. The molecule has 1 atom stereocenters. The van der Waals surface area contributed by atoms with Crippen LogP contribution in [0.2, 0.25) is 5.02 Å². The molecule has 0 aliphatic carbocycles. The van der Waals surface area contributed by atoms with Gasteiger partial charge in [0.15, 0.2) is 0 Å². The molecule has 0 aliphatic rings. The molecule has 1 unspecified atom stereocenters. The van der Waals surface area contributed by atoms with Crippen molar-refractivity contribution in [3.8, 4) is 11.5 Å². The van der Waals surface area contributed by atoms with E-state index in [1.165, 1.54) is 0 Å². The number of halogens is 1. The summed E-state index contributed by atoms with van der Waals surface area (Å²) in [6, 6.07) is 8.74. The quantitative estimate of drug-likeness (QED) is 0.820. The molecule has 0 fully saturated rings. The molecule has 2 aromatic rings. The van der Waals surface area contributed by atoms with Crippen LogP contribution in [0.25, 0.3) is 0 Å². The Balaban J connectivity index is 2.17. The van der Waals surface area contributed by atoms with Crippen molar-refractivity contribution in [1.82, 2.24) is 9.88 Å². The fraction of sp³-hybridized carbons (Fsp3) is 0.294. The molecule has 0 N–H and O–H groups in total. The van der Waals surface area contributed by atoms with E-state index in [1.54, 1.807) is 54.7 Å². The second-order valence-electron chi connectivity index (χ2n) is 5.10. The molecule has 116 valence electrons. The zero-order chi connectivity index (χ0) is 16.1. The van der Waals surface area contributed by atoms with Gasteiger partial charge < -0.3 is 9.64 Å². The lowest BCUT2D eigenvalue weighted by Crippen LogP contribution is -2.34. The number of ether oxygens (including phenoxy) is 1. The molecule has 2 rings (SSSR count). The Morgan fingerprint density at radius 3 is 2.59 bits per heavy atom. The second-order valence-corrected chi connectivity index (χ2v) is 5.51. The Morgan fingerprint density at radius 2 is 2.00 bits per heavy atom. The lowest BCUT2D eigenvalue weighted by Gasteiger charge is -2.24. The van der Waals surface area contributed by atoms with E-state index in [4.69, 9.17) is 16.3 Å². The van der Waals surface area contributed by atoms with E-state index in [1.807, 2.05) is 13.8 Å². The van der Waals surface area contributed by atoms with Gasteiger partial charge in [-0.05, 0) is 43.7 Å². The molecule has 0 bridgehead atoms. The van der Waals surface area contributed by atoms with Crippen molar-refractivity contribution in [3.05, 3.63) is 53.3 Å². The van der Waals surface area contributed by atoms with Gasteiger partial charge in [0, 0.05) is 31.0 Å². The highest BCUT2D eigenvalue weighted by molar-refractivity contribution is 6.32. The van der Waals surface area contributed by atoms with Crippen LogP contribution in [0.3, 0.4) is 0 Å². The normalized spacial score (nSPS) is 11.8. The van der Waals surface area contributed by atoms with Gasteiger partial charge in [0.05, 0.1) is 5.02 Å². The molecular formula is C17H19ClN2O2. The predicted octanol–water partition coefficient (Wildman–Crippen LogP) is 4.40. The first-order valence-corrected chi connectivity index (χ1v) is 7.55. The molecule has 1 heterocycles. The molecule has 1 aromatic carbocycles. The molecular weight excluding hydrogens is 300 g/mol. The maximum Gasteiger partial charge on any atom is 0.253 e. The van der Waals surface area contributed by atoms with Crippen LogP contribution < -0.4 is 4.74 Å². The van der Waals surface area contributed by atoms with E-state index < -0.39 is 0 Å². The summed E-state index contributed by atoms with van der Waals surface area (Å²) in [5.41, 5.74) is 0.551. The minimum atomic E-state index is -0.0493. The predicted molar refractivity (Wildman–Crippen MR) is 87.6 cm³/mol. The van der Waals surface area contributed by atoms with E-state index in [0.717, 1.165) is 6.42 Å². The Bertz CT molecular complexity index is 646. The van der Waals surface area contributed by atoms with Crippen LogP contribution in [-0.4, -0.2) is 28.9 Å². The maximum absolute atomic E-state index is 12.4. The Hall–Kier alpha value is -2.07. The highest BCUT2D eigenvalue weighted by Crippen LogP contribution is 2.30. The molecule has 5 heteroatoms.